The third-order valence-electron chi connectivity index (χ3n) is 4.32. The zero-order valence-electron chi connectivity index (χ0n) is 18.9. The van der Waals surface area contributed by atoms with Crippen molar-refractivity contribution in [3.63, 3.8) is 0 Å². The SMILES string of the molecule is CCCCCCCC(=O)OC(CO)CO.CCCCCCCC(=O)OCC(O)CO. The summed E-state index contributed by atoms with van der Waals surface area (Å²) in [6, 6.07) is 0. The molecule has 0 saturated carbocycles. The highest BCUT2D eigenvalue weighted by Gasteiger charge is 2.11. The molecule has 0 aliphatic rings. The monoisotopic (exact) mass is 436 g/mol. The van der Waals surface area contributed by atoms with Gasteiger partial charge in [0.1, 0.15) is 18.8 Å². The number of unbranched alkanes of at least 4 members (excludes halogenated alkanes) is 8. The zero-order chi connectivity index (χ0) is 23.0. The lowest BCUT2D eigenvalue weighted by molar-refractivity contribution is -0.153. The highest BCUT2D eigenvalue weighted by Crippen LogP contribution is 2.07. The summed E-state index contributed by atoms with van der Waals surface area (Å²) >= 11 is 0. The van der Waals surface area contributed by atoms with Crippen LogP contribution in [0.4, 0.5) is 0 Å². The molecule has 8 heteroatoms. The first kappa shape index (κ1) is 31.0. The van der Waals surface area contributed by atoms with E-state index in [0.717, 1.165) is 38.5 Å². The van der Waals surface area contributed by atoms with E-state index in [4.69, 9.17) is 29.9 Å². The average Bonchev–Trinajstić information content (AvgIpc) is 2.75. The number of aliphatic hydroxyl groups excluding tert-OH is 4. The Morgan fingerprint density at radius 1 is 0.700 bits per heavy atom. The molecule has 0 aromatic rings. The van der Waals surface area contributed by atoms with Gasteiger partial charge in [-0.2, -0.15) is 0 Å². The molecule has 0 amide bonds. The molecule has 1 unspecified atom stereocenters. The molecule has 180 valence electrons. The first-order chi connectivity index (χ1) is 14.4. The number of carbonyl (C=O) groups is 2. The van der Waals surface area contributed by atoms with Gasteiger partial charge in [-0.1, -0.05) is 65.2 Å². The standard InChI is InChI=1S/2C11H22O4/c1-2-3-4-5-6-7-11(14)15-9-10(13)8-12;1-2-3-4-5-6-7-11(14)15-10(8-12)9-13/h2*10,12-13H,2-9H2,1H3. The average molecular weight is 437 g/mol. The summed E-state index contributed by atoms with van der Waals surface area (Å²) in [4.78, 5) is 22.2. The van der Waals surface area contributed by atoms with Crippen LogP contribution in [0.15, 0.2) is 0 Å². The Morgan fingerprint density at radius 3 is 1.60 bits per heavy atom. The minimum atomic E-state index is -0.950. The molecule has 0 radical (unpaired) electrons. The van der Waals surface area contributed by atoms with Crippen molar-refractivity contribution < 1.29 is 39.5 Å². The largest absolute Gasteiger partial charge is 0.463 e. The van der Waals surface area contributed by atoms with Crippen LogP contribution in [0.1, 0.15) is 90.9 Å². The Hall–Kier alpha value is -1.22. The third-order valence-corrected chi connectivity index (χ3v) is 4.32. The molecular weight excluding hydrogens is 392 g/mol. The van der Waals surface area contributed by atoms with Gasteiger partial charge in [0.2, 0.25) is 0 Å². The second-order valence-corrected chi connectivity index (χ2v) is 7.32. The molecule has 0 aliphatic carbocycles. The van der Waals surface area contributed by atoms with Crippen LogP contribution in [-0.4, -0.2) is 71.0 Å². The second-order valence-electron chi connectivity index (χ2n) is 7.32. The van der Waals surface area contributed by atoms with Crippen LogP contribution in [-0.2, 0) is 19.1 Å². The number of rotatable bonds is 18. The Bertz CT molecular complexity index is 385. The van der Waals surface area contributed by atoms with Crippen LogP contribution in [0.5, 0.6) is 0 Å². The van der Waals surface area contributed by atoms with Gasteiger partial charge in [-0.25, -0.2) is 0 Å². The number of hydrogen-bond donors (Lipinski definition) is 4. The van der Waals surface area contributed by atoms with E-state index in [1.807, 2.05) is 0 Å². The molecule has 0 saturated heterocycles. The molecular formula is C22H44O8. The van der Waals surface area contributed by atoms with E-state index in [2.05, 4.69) is 13.8 Å². The van der Waals surface area contributed by atoms with Crippen molar-refractivity contribution in [1.29, 1.82) is 0 Å². The van der Waals surface area contributed by atoms with E-state index < -0.39 is 12.2 Å². The summed E-state index contributed by atoms with van der Waals surface area (Å²) in [5, 5.41) is 34.8. The van der Waals surface area contributed by atoms with Crippen LogP contribution in [0.25, 0.3) is 0 Å². The fourth-order valence-electron chi connectivity index (χ4n) is 2.44. The van der Waals surface area contributed by atoms with Gasteiger partial charge in [0.25, 0.3) is 0 Å². The van der Waals surface area contributed by atoms with Crippen LogP contribution < -0.4 is 0 Å². The molecule has 0 spiro atoms. The Balaban J connectivity index is 0. The molecule has 1 atom stereocenters. The van der Waals surface area contributed by atoms with E-state index in [-0.39, 0.29) is 38.4 Å². The maximum Gasteiger partial charge on any atom is 0.306 e. The van der Waals surface area contributed by atoms with Crippen molar-refractivity contribution in [2.45, 2.75) is 103 Å². The zero-order valence-corrected chi connectivity index (χ0v) is 18.9. The van der Waals surface area contributed by atoms with Crippen molar-refractivity contribution in [1.82, 2.24) is 0 Å². The van der Waals surface area contributed by atoms with E-state index in [1.54, 1.807) is 0 Å². The van der Waals surface area contributed by atoms with Crippen LogP contribution in [0.3, 0.4) is 0 Å². The molecule has 0 fully saturated rings. The van der Waals surface area contributed by atoms with Gasteiger partial charge in [-0.05, 0) is 12.8 Å². The van der Waals surface area contributed by atoms with Crippen LogP contribution >= 0.6 is 0 Å². The number of hydrogen-bond acceptors (Lipinski definition) is 8. The predicted molar refractivity (Wildman–Crippen MR) is 115 cm³/mol. The van der Waals surface area contributed by atoms with Gasteiger partial charge < -0.3 is 29.9 Å². The van der Waals surface area contributed by atoms with Crippen molar-refractivity contribution >= 4 is 11.9 Å². The normalized spacial score (nSPS) is 11.6. The van der Waals surface area contributed by atoms with E-state index in [0.29, 0.717) is 12.8 Å². The predicted octanol–water partition coefficient (Wildman–Crippen LogP) is 2.49. The number of esters is 2. The molecule has 0 rings (SSSR count). The van der Waals surface area contributed by atoms with E-state index in [9.17, 15) is 9.59 Å². The fraction of sp³-hybridized carbons (Fsp3) is 0.909. The summed E-state index contributed by atoms with van der Waals surface area (Å²) < 4.78 is 9.57. The summed E-state index contributed by atoms with van der Waals surface area (Å²) in [6.45, 7) is 3.16. The molecule has 0 bridgehead atoms. The Labute approximate surface area is 181 Å². The van der Waals surface area contributed by atoms with Gasteiger partial charge >= 0.3 is 11.9 Å². The summed E-state index contributed by atoms with van der Waals surface area (Å²) in [7, 11) is 0. The smallest absolute Gasteiger partial charge is 0.306 e. The van der Waals surface area contributed by atoms with E-state index >= 15 is 0 Å². The fourth-order valence-corrected chi connectivity index (χ4v) is 2.44. The van der Waals surface area contributed by atoms with Gasteiger partial charge in [0, 0.05) is 12.8 Å². The van der Waals surface area contributed by atoms with Gasteiger partial charge in [0.15, 0.2) is 0 Å². The quantitative estimate of drug-likeness (QED) is 0.190. The highest BCUT2D eigenvalue weighted by atomic mass is 16.6. The molecule has 30 heavy (non-hydrogen) atoms. The molecule has 0 aromatic carbocycles. The first-order valence-electron chi connectivity index (χ1n) is 11.3. The van der Waals surface area contributed by atoms with Crippen LogP contribution in [0, 0.1) is 0 Å². The minimum absolute atomic E-state index is 0.107. The lowest BCUT2D eigenvalue weighted by atomic mass is 10.1. The first-order valence-corrected chi connectivity index (χ1v) is 11.3. The molecule has 0 aromatic heterocycles. The lowest BCUT2D eigenvalue weighted by Crippen LogP contribution is -2.25. The number of aliphatic hydroxyl groups is 4. The van der Waals surface area contributed by atoms with Crippen molar-refractivity contribution in [3.8, 4) is 0 Å². The van der Waals surface area contributed by atoms with Crippen LogP contribution in [0.2, 0.25) is 0 Å². The van der Waals surface area contributed by atoms with Crippen molar-refractivity contribution in [2.24, 2.45) is 0 Å². The molecule has 0 heterocycles. The maximum atomic E-state index is 11.2. The van der Waals surface area contributed by atoms with Crippen molar-refractivity contribution in [2.75, 3.05) is 26.4 Å². The Kier molecular flexibility index (Phi) is 24.8. The number of ether oxygens (including phenoxy) is 2. The topological polar surface area (TPSA) is 134 Å². The second kappa shape index (κ2) is 24.1. The van der Waals surface area contributed by atoms with Gasteiger partial charge in [0.05, 0.1) is 19.8 Å². The van der Waals surface area contributed by atoms with Gasteiger partial charge in [-0.3, -0.25) is 9.59 Å². The molecule has 0 aliphatic heterocycles. The lowest BCUT2D eigenvalue weighted by Gasteiger charge is -2.12. The maximum absolute atomic E-state index is 11.2. The minimum Gasteiger partial charge on any atom is -0.463 e. The van der Waals surface area contributed by atoms with Gasteiger partial charge in [-0.15, -0.1) is 0 Å². The summed E-state index contributed by atoms with van der Waals surface area (Å²) in [6.07, 6.45) is 9.89. The molecule has 8 nitrogen and oxygen atoms in total. The number of carbonyl (C=O) groups excluding carboxylic acids is 2. The molecule has 4 N–H and O–H groups in total. The van der Waals surface area contributed by atoms with E-state index in [1.165, 1.54) is 25.7 Å². The Morgan fingerprint density at radius 2 is 1.17 bits per heavy atom. The highest BCUT2D eigenvalue weighted by molar-refractivity contribution is 5.69. The van der Waals surface area contributed by atoms with Crippen molar-refractivity contribution in [3.05, 3.63) is 0 Å². The third kappa shape index (κ3) is 23.1. The summed E-state index contributed by atoms with van der Waals surface area (Å²) in [5.74, 6) is -0.626. The summed E-state index contributed by atoms with van der Waals surface area (Å²) in [5.41, 5.74) is 0.